The Balaban J connectivity index is 1.99. The number of anilines is 1. The topological polar surface area (TPSA) is 97.1 Å². The van der Waals surface area contributed by atoms with E-state index in [1.807, 2.05) is 20.8 Å². The van der Waals surface area contributed by atoms with Crippen LogP contribution in [-0.4, -0.2) is 44.9 Å². The molecule has 1 unspecified atom stereocenters. The average molecular weight is 267 g/mol. The molecule has 2 rings (SSSR count). The first kappa shape index (κ1) is 13.6. The Morgan fingerprint density at radius 3 is 2.84 bits per heavy atom. The van der Waals surface area contributed by atoms with E-state index >= 15 is 0 Å². The highest BCUT2D eigenvalue weighted by Gasteiger charge is 2.29. The number of nitrogen functional groups attached to an aromatic ring is 1. The largest absolute Gasteiger partial charge is 0.444 e. The molecule has 2 heterocycles. The lowest BCUT2D eigenvalue weighted by Crippen LogP contribution is -2.42. The SMILES string of the molecule is CC(C)(C)OC(=O)N1CCCC(c2nc(N)n[nH]2)C1. The van der Waals surface area contributed by atoms with Crippen LogP contribution in [0.2, 0.25) is 0 Å². The standard InChI is InChI=1S/C12H21N5O2/c1-12(2,3)19-11(18)17-6-4-5-8(7-17)9-14-10(13)16-15-9/h8H,4-7H2,1-3H3,(H3,13,14,15,16). The molecular formula is C12H21N5O2. The zero-order chi connectivity index (χ0) is 14.0. The van der Waals surface area contributed by atoms with Crippen LogP contribution in [-0.2, 0) is 4.74 Å². The number of piperidine rings is 1. The Morgan fingerprint density at radius 2 is 2.26 bits per heavy atom. The lowest BCUT2D eigenvalue weighted by molar-refractivity contribution is 0.0196. The highest BCUT2D eigenvalue weighted by atomic mass is 16.6. The fraction of sp³-hybridized carbons (Fsp3) is 0.750. The van der Waals surface area contributed by atoms with Gasteiger partial charge in [-0.3, -0.25) is 5.10 Å². The molecule has 7 heteroatoms. The van der Waals surface area contributed by atoms with Crippen molar-refractivity contribution >= 4 is 12.0 Å². The van der Waals surface area contributed by atoms with Gasteiger partial charge in [-0.25, -0.2) is 4.79 Å². The van der Waals surface area contributed by atoms with Crippen LogP contribution < -0.4 is 5.73 Å². The number of carbonyl (C=O) groups excluding carboxylic acids is 1. The van der Waals surface area contributed by atoms with Crippen molar-refractivity contribution in [3.63, 3.8) is 0 Å². The molecule has 1 aliphatic rings. The summed E-state index contributed by atoms with van der Waals surface area (Å²) in [6.07, 6.45) is 1.61. The lowest BCUT2D eigenvalue weighted by atomic mass is 9.98. The first-order valence-corrected chi connectivity index (χ1v) is 6.51. The fourth-order valence-electron chi connectivity index (χ4n) is 2.16. The number of ether oxygens (including phenoxy) is 1. The van der Waals surface area contributed by atoms with Crippen LogP contribution in [0.5, 0.6) is 0 Å². The maximum atomic E-state index is 12.0. The first-order chi connectivity index (χ1) is 8.85. The number of likely N-dealkylation sites (tertiary alicyclic amines) is 1. The summed E-state index contributed by atoms with van der Waals surface area (Å²) in [7, 11) is 0. The molecule has 1 aliphatic heterocycles. The summed E-state index contributed by atoms with van der Waals surface area (Å²) in [5, 5.41) is 6.65. The Morgan fingerprint density at radius 1 is 1.53 bits per heavy atom. The molecule has 1 atom stereocenters. The molecule has 1 amide bonds. The second kappa shape index (κ2) is 5.07. The quantitative estimate of drug-likeness (QED) is 0.803. The summed E-state index contributed by atoms with van der Waals surface area (Å²) < 4.78 is 5.38. The van der Waals surface area contributed by atoms with Crippen molar-refractivity contribution in [3.05, 3.63) is 5.82 Å². The molecule has 1 aromatic rings. The van der Waals surface area contributed by atoms with Crippen molar-refractivity contribution in [1.29, 1.82) is 0 Å². The second-order valence-corrected chi connectivity index (χ2v) is 5.84. The fourth-order valence-corrected chi connectivity index (χ4v) is 2.16. The number of nitrogens with zero attached hydrogens (tertiary/aromatic N) is 3. The number of aromatic amines is 1. The van der Waals surface area contributed by atoms with E-state index in [2.05, 4.69) is 15.2 Å². The third-order valence-corrected chi connectivity index (χ3v) is 2.98. The van der Waals surface area contributed by atoms with Gasteiger partial charge < -0.3 is 15.4 Å². The zero-order valence-electron chi connectivity index (χ0n) is 11.6. The molecule has 0 bridgehead atoms. The average Bonchev–Trinajstić information content (AvgIpc) is 2.74. The minimum Gasteiger partial charge on any atom is -0.444 e. The summed E-state index contributed by atoms with van der Waals surface area (Å²) >= 11 is 0. The van der Waals surface area contributed by atoms with Gasteiger partial charge in [0.2, 0.25) is 5.95 Å². The van der Waals surface area contributed by atoms with Crippen molar-refractivity contribution in [3.8, 4) is 0 Å². The number of carbonyl (C=O) groups is 1. The maximum Gasteiger partial charge on any atom is 0.410 e. The lowest BCUT2D eigenvalue weighted by Gasteiger charge is -2.33. The molecule has 7 nitrogen and oxygen atoms in total. The smallest absolute Gasteiger partial charge is 0.410 e. The summed E-state index contributed by atoms with van der Waals surface area (Å²) in [5.74, 6) is 1.13. The highest BCUT2D eigenvalue weighted by Crippen LogP contribution is 2.25. The predicted octanol–water partition coefficient (Wildman–Crippen LogP) is 1.50. The minimum absolute atomic E-state index is 0.145. The van der Waals surface area contributed by atoms with Crippen molar-refractivity contribution in [1.82, 2.24) is 20.1 Å². The van der Waals surface area contributed by atoms with E-state index in [1.165, 1.54) is 0 Å². The number of aromatic nitrogens is 3. The highest BCUT2D eigenvalue weighted by molar-refractivity contribution is 5.68. The number of nitrogens with two attached hydrogens (primary N) is 1. The van der Waals surface area contributed by atoms with Gasteiger partial charge >= 0.3 is 6.09 Å². The molecule has 1 fully saturated rings. The van der Waals surface area contributed by atoms with Crippen molar-refractivity contribution in [2.45, 2.75) is 45.1 Å². The van der Waals surface area contributed by atoms with E-state index in [-0.39, 0.29) is 18.0 Å². The van der Waals surface area contributed by atoms with Gasteiger partial charge in [-0.15, -0.1) is 5.10 Å². The molecule has 0 aromatic carbocycles. The summed E-state index contributed by atoms with van der Waals surface area (Å²) in [6.45, 7) is 6.90. The van der Waals surface area contributed by atoms with E-state index < -0.39 is 5.60 Å². The van der Waals surface area contributed by atoms with E-state index in [1.54, 1.807) is 4.90 Å². The van der Waals surface area contributed by atoms with Crippen LogP contribution in [0.15, 0.2) is 0 Å². The second-order valence-electron chi connectivity index (χ2n) is 5.84. The molecule has 106 valence electrons. The molecule has 1 saturated heterocycles. The Hall–Kier alpha value is -1.79. The summed E-state index contributed by atoms with van der Waals surface area (Å²) in [6, 6.07) is 0. The van der Waals surface area contributed by atoms with Crippen LogP contribution in [0.3, 0.4) is 0 Å². The number of hydrogen-bond acceptors (Lipinski definition) is 5. The molecule has 0 aliphatic carbocycles. The number of rotatable bonds is 1. The predicted molar refractivity (Wildman–Crippen MR) is 70.6 cm³/mol. The van der Waals surface area contributed by atoms with Gasteiger partial charge in [-0.05, 0) is 33.6 Å². The van der Waals surface area contributed by atoms with Gasteiger partial charge in [0.1, 0.15) is 11.4 Å². The van der Waals surface area contributed by atoms with Gasteiger partial charge in [-0.1, -0.05) is 0 Å². The molecule has 0 saturated carbocycles. The molecule has 0 radical (unpaired) electrons. The number of amides is 1. The number of nitrogens with one attached hydrogen (secondary N) is 1. The molecule has 3 N–H and O–H groups in total. The zero-order valence-corrected chi connectivity index (χ0v) is 11.6. The van der Waals surface area contributed by atoms with Crippen LogP contribution >= 0.6 is 0 Å². The van der Waals surface area contributed by atoms with Crippen LogP contribution in [0.4, 0.5) is 10.7 Å². The van der Waals surface area contributed by atoms with E-state index in [0.717, 1.165) is 25.2 Å². The Bertz CT molecular complexity index is 451. The van der Waals surface area contributed by atoms with E-state index in [4.69, 9.17) is 10.5 Å². The Labute approximate surface area is 112 Å². The van der Waals surface area contributed by atoms with Crippen molar-refractivity contribution in [2.24, 2.45) is 0 Å². The van der Waals surface area contributed by atoms with Gasteiger partial charge in [0.25, 0.3) is 0 Å². The number of hydrogen-bond donors (Lipinski definition) is 2. The van der Waals surface area contributed by atoms with Crippen LogP contribution in [0.1, 0.15) is 45.4 Å². The molecule has 19 heavy (non-hydrogen) atoms. The Kier molecular flexibility index (Phi) is 3.64. The summed E-state index contributed by atoms with van der Waals surface area (Å²) in [5.41, 5.74) is 5.03. The maximum absolute atomic E-state index is 12.0. The monoisotopic (exact) mass is 267 g/mol. The summed E-state index contributed by atoms with van der Waals surface area (Å²) in [4.78, 5) is 17.9. The number of H-pyrrole nitrogens is 1. The minimum atomic E-state index is -0.472. The van der Waals surface area contributed by atoms with E-state index in [0.29, 0.717) is 6.54 Å². The van der Waals surface area contributed by atoms with E-state index in [9.17, 15) is 4.79 Å². The van der Waals surface area contributed by atoms with Crippen LogP contribution in [0.25, 0.3) is 0 Å². The van der Waals surface area contributed by atoms with Gasteiger partial charge in [0.15, 0.2) is 0 Å². The van der Waals surface area contributed by atoms with Crippen molar-refractivity contribution in [2.75, 3.05) is 18.8 Å². The molecule has 1 aromatic heterocycles. The van der Waals surface area contributed by atoms with Gasteiger partial charge in [0, 0.05) is 19.0 Å². The third-order valence-electron chi connectivity index (χ3n) is 2.98. The van der Waals surface area contributed by atoms with Gasteiger partial charge in [0.05, 0.1) is 0 Å². The first-order valence-electron chi connectivity index (χ1n) is 6.51. The van der Waals surface area contributed by atoms with Crippen molar-refractivity contribution < 1.29 is 9.53 Å². The van der Waals surface area contributed by atoms with Gasteiger partial charge in [-0.2, -0.15) is 4.98 Å². The molecular weight excluding hydrogens is 246 g/mol. The normalized spacial score (nSPS) is 20.4. The third kappa shape index (κ3) is 3.59. The van der Waals surface area contributed by atoms with Crippen LogP contribution in [0, 0.1) is 0 Å². The molecule has 0 spiro atoms.